The molecule has 140 valence electrons. The van der Waals surface area contributed by atoms with Crippen molar-refractivity contribution in [1.82, 2.24) is 9.55 Å². The molecule has 0 N–H and O–H groups in total. The van der Waals surface area contributed by atoms with Gasteiger partial charge in [0.15, 0.2) is 10.9 Å². The van der Waals surface area contributed by atoms with Gasteiger partial charge < -0.3 is 0 Å². The van der Waals surface area contributed by atoms with E-state index in [1.54, 1.807) is 0 Å². The highest BCUT2D eigenvalue weighted by Gasteiger charge is 2.16. The first kappa shape index (κ1) is 18.5. The number of aryl methyl sites for hydroxylation is 3. The molecule has 0 radical (unpaired) electrons. The van der Waals surface area contributed by atoms with Gasteiger partial charge in [-0.05, 0) is 56.2 Å². The molecule has 0 spiro atoms. The minimum atomic E-state index is 0.130. The smallest absolute Gasteiger partial charge is 0.174 e. The van der Waals surface area contributed by atoms with E-state index in [2.05, 4.69) is 47.9 Å². The van der Waals surface area contributed by atoms with Gasteiger partial charge in [-0.25, -0.2) is 4.98 Å². The largest absolute Gasteiger partial charge is 0.293 e. The summed E-state index contributed by atoms with van der Waals surface area (Å²) in [5, 5.41) is 0.838. The van der Waals surface area contributed by atoms with Gasteiger partial charge in [-0.15, -0.1) is 0 Å². The van der Waals surface area contributed by atoms with Crippen molar-refractivity contribution in [2.75, 3.05) is 5.75 Å². The number of benzene rings is 3. The summed E-state index contributed by atoms with van der Waals surface area (Å²) in [6.07, 6.45) is 0. The van der Waals surface area contributed by atoms with Crippen molar-refractivity contribution in [1.29, 1.82) is 0 Å². The fraction of sp³-hybridized carbons (Fsp3) is 0.167. The third-order valence-corrected chi connectivity index (χ3v) is 5.74. The maximum atomic E-state index is 12.8. The van der Waals surface area contributed by atoms with Crippen LogP contribution in [0.25, 0.3) is 16.7 Å². The Morgan fingerprint density at radius 2 is 1.71 bits per heavy atom. The molecule has 4 aromatic rings. The summed E-state index contributed by atoms with van der Waals surface area (Å²) in [5.74, 6) is 0.490. The van der Waals surface area contributed by atoms with E-state index in [-0.39, 0.29) is 5.78 Å². The number of imidazole rings is 1. The highest BCUT2D eigenvalue weighted by Crippen LogP contribution is 2.29. The van der Waals surface area contributed by atoms with Gasteiger partial charge in [0.25, 0.3) is 0 Å². The Morgan fingerprint density at radius 3 is 2.50 bits per heavy atom. The number of rotatable bonds is 5. The molecule has 28 heavy (non-hydrogen) atoms. The number of Topliss-reactive ketones (excluding diaryl/α,β-unsaturated/α-hetero) is 1. The number of ketones is 1. The van der Waals surface area contributed by atoms with E-state index in [9.17, 15) is 4.79 Å². The zero-order valence-electron chi connectivity index (χ0n) is 16.3. The summed E-state index contributed by atoms with van der Waals surface area (Å²) in [4.78, 5) is 17.6. The van der Waals surface area contributed by atoms with Crippen LogP contribution in [0.5, 0.6) is 0 Å². The van der Waals surface area contributed by atoms with E-state index in [0.717, 1.165) is 33.0 Å². The summed E-state index contributed by atoms with van der Waals surface area (Å²) in [6.45, 7) is 6.12. The fourth-order valence-electron chi connectivity index (χ4n) is 3.45. The van der Waals surface area contributed by atoms with E-state index < -0.39 is 0 Å². The molecule has 0 atom stereocenters. The van der Waals surface area contributed by atoms with E-state index >= 15 is 0 Å². The lowest BCUT2D eigenvalue weighted by atomic mass is 10.0. The lowest BCUT2D eigenvalue weighted by Crippen LogP contribution is -2.06. The predicted octanol–water partition coefficient (Wildman–Crippen LogP) is 5.93. The molecular formula is C24H22N2OS. The van der Waals surface area contributed by atoms with Crippen LogP contribution in [0.15, 0.2) is 71.9 Å². The molecule has 0 fully saturated rings. The molecular weight excluding hydrogens is 364 g/mol. The quantitative estimate of drug-likeness (QED) is 0.315. The molecule has 1 heterocycles. The fourth-order valence-corrected chi connectivity index (χ4v) is 4.36. The molecule has 0 aliphatic rings. The van der Waals surface area contributed by atoms with Gasteiger partial charge in [-0.1, -0.05) is 59.8 Å². The summed E-state index contributed by atoms with van der Waals surface area (Å²) in [7, 11) is 0. The summed E-state index contributed by atoms with van der Waals surface area (Å²) >= 11 is 1.49. The zero-order valence-corrected chi connectivity index (χ0v) is 17.1. The van der Waals surface area contributed by atoms with Crippen molar-refractivity contribution in [3.8, 4) is 5.69 Å². The Kier molecular flexibility index (Phi) is 5.05. The topological polar surface area (TPSA) is 34.9 Å². The Morgan fingerprint density at radius 1 is 0.929 bits per heavy atom. The predicted molar refractivity (Wildman–Crippen MR) is 117 cm³/mol. The molecule has 0 saturated heterocycles. The lowest BCUT2D eigenvalue weighted by Gasteiger charge is -2.10. The van der Waals surface area contributed by atoms with Crippen molar-refractivity contribution in [3.63, 3.8) is 0 Å². The minimum Gasteiger partial charge on any atom is -0.293 e. The number of nitrogens with zero attached hydrogens (tertiary/aromatic N) is 2. The van der Waals surface area contributed by atoms with Crippen LogP contribution >= 0.6 is 11.8 Å². The van der Waals surface area contributed by atoms with Crippen molar-refractivity contribution >= 4 is 28.6 Å². The number of hydrogen-bond donors (Lipinski definition) is 0. The van der Waals surface area contributed by atoms with Crippen LogP contribution in [-0.2, 0) is 0 Å². The molecule has 0 aliphatic carbocycles. The summed E-state index contributed by atoms with van der Waals surface area (Å²) in [5.41, 5.74) is 7.23. The summed E-state index contributed by atoms with van der Waals surface area (Å²) in [6, 6.07) is 22.4. The molecule has 0 unspecified atom stereocenters. The number of hydrogen-bond acceptors (Lipinski definition) is 3. The van der Waals surface area contributed by atoms with Crippen LogP contribution in [0.1, 0.15) is 27.0 Å². The Labute approximate surface area is 169 Å². The molecule has 0 aliphatic heterocycles. The van der Waals surface area contributed by atoms with Crippen LogP contribution in [0.2, 0.25) is 0 Å². The van der Waals surface area contributed by atoms with E-state index in [1.165, 1.54) is 22.9 Å². The maximum absolute atomic E-state index is 12.8. The van der Waals surface area contributed by atoms with Gasteiger partial charge in [0.2, 0.25) is 0 Å². The third-order valence-electron chi connectivity index (χ3n) is 4.80. The average Bonchev–Trinajstić information content (AvgIpc) is 3.04. The SMILES string of the molecule is Cc1cccc(-n2c(SCC(=O)c3ccc(C)cc3C)nc3ccccc32)c1. The molecule has 0 saturated carbocycles. The van der Waals surface area contributed by atoms with Crippen molar-refractivity contribution in [2.45, 2.75) is 25.9 Å². The maximum Gasteiger partial charge on any atom is 0.174 e. The first-order valence-corrected chi connectivity index (χ1v) is 10.3. The highest BCUT2D eigenvalue weighted by atomic mass is 32.2. The van der Waals surface area contributed by atoms with Crippen LogP contribution in [-0.4, -0.2) is 21.1 Å². The first-order valence-electron chi connectivity index (χ1n) is 9.31. The third kappa shape index (κ3) is 3.60. The molecule has 1 aromatic heterocycles. The second kappa shape index (κ2) is 7.64. The van der Waals surface area contributed by atoms with Gasteiger partial charge in [-0.3, -0.25) is 9.36 Å². The number of carbonyl (C=O) groups is 1. The van der Waals surface area contributed by atoms with Crippen LogP contribution in [0, 0.1) is 20.8 Å². The highest BCUT2D eigenvalue weighted by molar-refractivity contribution is 7.99. The number of thioether (sulfide) groups is 1. The second-order valence-corrected chi connectivity index (χ2v) is 8.03. The Balaban J connectivity index is 1.69. The molecule has 4 rings (SSSR count). The van der Waals surface area contributed by atoms with E-state index in [4.69, 9.17) is 4.98 Å². The van der Waals surface area contributed by atoms with Crippen LogP contribution in [0.3, 0.4) is 0 Å². The number of carbonyl (C=O) groups excluding carboxylic acids is 1. The average molecular weight is 387 g/mol. The van der Waals surface area contributed by atoms with Gasteiger partial charge in [0.05, 0.1) is 16.8 Å². The van der Waals surface area contributed by atoms with E-state index in [0.29, 0.717) is 5.75 Å². The molecule has 0 bridgehead atoms. The van der Waals surface area contributed by atoms with Crippen molar-refractivity contribution in [3.05, 3.63) is 89.0 Å². The minimum absolute atomic E-state index is 0.130. The number of aromatic nitrogens is 2. The van der Waals surface area contributed by atoms with E-state index in [1.807, 2.05) is 44.2 Å². The second-order valence-electron chi connectivity index (χ2n) is 7.09. The summed E-state index contributed by atoms with van der Waals surface area (Å²) < 4.78 is 2.14. The van der Waals surface area contributed by atoms with Gasteiger partial charge >= 0.3 is 0 Å². The van der Waals surface area contributed by atoms with Crippen molar-refractivity contribution in [2.24, 2.45) is 0 Å². The van der Waals surface area contributed by atoms with Gasteiger partial charge in [0.1, 0.15) is 0 Å². The zero-order chi connectivity index (χ0) is 19.7. The number of para-hydroxylation sites is 2. The molecule has 3 aromatic carbocycles. The van der Waals surface area contributed by atoms with Gasteiger partial charge in [-0.2, -0.15) is 0 Å². The lowest BCUT2D eigenvalue weighted by molar-refractivity contribution is 0.102. The van der Waals surface area contributed by atoms with Crippen molar-refractivity contribution < 1.29 is 4.79 Å². The molecule has 0 amide bonds. The molecule has 3 nitrogen and oxygen atoms in total. The Hall–Kier alpha value is -2.85. The standard InChI is InChI=1S/C24H22N2OS/c1-16-7-6-8-19(14-16)26-22-10-5-4-9-21(22)25-24(26)28-15-23(27)20-12-11-17(2)13-18(20)3/h4-14H,15H2,1-3H3. The number of fused-ring (bicyclic) bond motifs is 1. The van der Waals surface area contributed by atoms with Crippen LogP contribution < -0.4 is 0 Å². The monoisotopic (exact) mass is 386 g/mol. The first-order chi connectivity index (χ1) is 13.5. The molecule has 4 heteroatoms. The van der Waals surface area contributed by atoms with Crippen LogP contribution in [0.4, 0.5) is 0 Å². The normalized spacial score (nSPS) is 11.1. The Bertz CT molecular complexity index is 1180. The van der Waals surface area contributed by atoms with Gasteiger partial charge in [0, 0.05) is 11.3 Å².